The second-order valence-electron chi connectivity index (χ2n) is 6.06. The SMILES string of the molecule is C=CCOc1ccccc1C(=O)N1CCC(c2ccc(F)cn2)CC1. The fourth-order valence-electron chi connectivity index (χ4n) is 3.10. The van der Waals surface area contributed by atoms with E-state index in [0.29, 0.717) is 31.0 Å². The lowest BCUT2D eigenvalue weighted by Gasteiger charge is -2.32. The third-order valence-electron chi connectivity index (χ3n) is 4.42. The molecule has 1 saturated heterocycles. The maximum Gasteiger partial charge on any atom is 0.257 e. The summed E-state index contributed by atoms with van der Waals surface area (Å²) in [5.41, 5.74) is 1.46. The molecule has 0 aliphatic carbocycles. The number of pyridine rings is 1. The molecule has 25 heavy (non-hydrogen) atoms. The highest BCUT2D eigenvalue weighted by molar-refractivity contribution is 5.97. The number of piperidine rings is 1. The van der Waals surface area contributed by atoms with E-state index in [0.717, 1.165) is 18.5 Å². The van der Waals surface area contributed by atoms with E-state index in [1.165, 1.54) is 12.3 Å². The Hall–Kier alpha value is -2.69. The molecule has 2 aromatic rings. The quantitative estimate of drug-likeness (QED) is 0.778. The molecule has 5 heteroatoms. The minimum absolute atomic E-state index is 0.0230. The molecule has 0 unspecified atom stereocenters. The highest BCUT2D eigenvalue weighted by Crippen LogP contribution is 2.28. The summed E-state index contributed by atoms with van der Waals surface area (Å²) in [7, 11) is 0. The zero-order chi connectivity index (χ0) is 17.6. The predicted octanol–water partition coefficient (Wildman–Crippen LogP) is 3.81. The molecule has 2 heterocycles. The summed E-state index contributed by atoms with van der Waals surface area (Å²) in [6, 6.07) is 10.4. The summed E-state index contributed by atoms with van der Waals surface area (Å²) >= 11 is 0. The number of hydrogen-bond acceptors (Lipinski definition) is 3. The van der Waals surface area contributed by atoms with Gasteiger partial charge in [-0.1, -0.05) is 24.8 Å². The van der Waals surface area contributed by atoms with Crippen LogP contribution in [0.4, 0.5) is 4.39 Å². The topological polar surface area (TPSA) is 42.4 Å². The highest BCUT2D eigenvalue weighted by atomic mass is 19.1. The van der Waals surface area contributed by atoms with Gasteiger partial charge in [-0.3, -0.25) is 9.78 Å². The Morgan fingerprint density at radius 3 is 2.72 bits per heavy atom. The Morgan fingerprint density at radius 1 is 1.28 bits per heavy atom. The van der Waals surface area contributed by atoms with Crippen molar-refractivity contribution in [1.29, 1.82) is 0 Å². The number of halogens is 1. The largest absolute Gasteiger partial charge is 0.489 e. The average Bonchev–Trinajstić information content (AvgIpc) is 2.67. The van der Waals surface area contributed by atoms with Gasteiger partial charge in [0.25, 0.3) is 5.91 Å². The van der Waals surface area contributed by atoms with Gasteiger partial charge in [0.15, 0.2) is 0 Å². The van der Waals surface area contributed by atoms with Gasteiger partial charge >= 0.3 is 0 Å². The van der Waals surface area contributed by atoms with Crippen molar-refractivity contribution in [3.05, 3.63) is 72.3 Å². The summed E-state index contributed by atoms with van der Waals surface area (Å²) < 4.78 is 18.6. The van der Waals surface area contributed by atoms with Gasteiger partial charge in [0.2, 0.25) is 0 Å². The van der Waals surface area contributed by atoms with Gasteiger partial charge in [-0.25, -0.2) is 4.39 Å². The molecule has 0 bridgehead atoms. The Bertz CT molecular complexity index is 738. The maximum atomic E-state index is 13.0. The first-order valence-electron chi connectivity index (χ1n) is 8.42. The van der Waals surface area contributed by atoms with E-state index in [4.69, 9.17) is 4.74 Å². The van der Waals surface area contributed by atoms with Crippen LogP contribution in [0.2, 0.25) is 0 Å². The van der Waals surface area contributed by atoms with Crippen LogP contribution in [0.25, 0.3) is 0 Å². The van der Waals surface area contributed by atoms with Crippen molar-refractivity contribution < 1.29 is 13.9 Å². The molecule has 0 saturated carbocycles. The monoisotopic (exact) mass is 340 g/mol. The first-order valence-corrected chi connectivity index (χ1v) is 8.42. The van der Waals surface area contributed by atoms with Crippen molar-refractivity contribution in [2.24, 2.45) is 0 Å². The molecule has 1 aliphatic heterocycles. The summed E-state index contributed by atoms with van der Waals surface area (Å²) in [5, 5.41) is 0. The van der Waals surface area contributed by atoms with Crippen molar-refractivity contribution in [3.63, 3.8) is 0 Å². The lowest BCUT2D eigenvalue weighted by molar-refractivity contribution is 0.0708. The predicted molar refractivity (Wildman–Crippen MR) is 94.2 cm³/mol. The molecule has 0 N–H and O–H groups in total. The third-order valence-corrected chi connectivity index (χ3v) is 4.42. The van der Waals surface area contributed by atoms with Crippen LogP contribution >= 0.6 is 0 Å². The fourth-order valence-corrected chi connectivity index (χ4v) is 3.10. The zero-order valence-electron chi connectivity index (χ0n) is 14.0. The number of ether oxygens (including phenoxy) is 1. The molecule has 1 aliphatic rings. The Morgan fingerprint density at radius 2 is 2.04 bits per heavy atom. The number of likely N-dealkylation sites (tertiary alicyclic amines) is 1. The second-order valence-corrected chi connectivity index (χ2v) is 6.06. The number of amides is 1. The van der Waals surface area contributed by atoms with Gasteiger partial charge in [0.05, 0.1) is 11.8 Å². The van der Waals surface area contributed by atoms with E-state index in [2.05, 4.69) is 11.6 Å². The van der Waals surface area contributed by atoms with E-state index in [1.54, 1.807) is 24.3 Å². The fraction of sp³-hybridized carbons (Fsp3) is 0.300. The van der Waals surface area contributed by atoms with Gasteiger partial charge in [0, 0.05) is 24.7 Å². The van der Waals surface area contributed by atoms with Crippen LogP contribution in [0, 0.1) is 5.82 Å². The smallest absolute Gasteiger partial charge is 0.257 e. The van der Waals surface area contributed by atoms with E-state index >= 15 is 0 Å². The van der Waals surface area contributed by atoms with Crippen LogP contribution in [0.3, 0.4) is 0 Å². The van der Waals surface area contributed by atoms with Crippen molar-refractivity contribution in [2.45, 2.75) is 18.8 Å². The van der Waals surface area contributed by atoms with Gasteiger partial charge in [0.1, 0.15) is 18.2 Å². The minimum Gasteiger partial charge on any atom is -0.489 e. The third kappa shape index (κ3) is 4.05. The van der Waals surface area contributed by atoms with Crippen molar-refractivity contribution >= 4 is 5.91 Å². The van der Waals surface area contributed by atoms with Crippen molar-refractivity contribution in [2.75, 3.05) is 19.7 Å². The van der Waals surface area contributed by atoms with E-state index in [1.807, 2.05) is 17.0 Å². The van der Waals surface area contributed by atoms with Crippen LogP contribution in [0.15, 0.2) is 55.3 Å². The number of aromatic nitrogens is 1. The van der Waals surface area contributed by atoms with E-state index < -0.39 is 0 Å². The molecule has 1 aromatic heterocycles. The highest BCUT2D eigenvalue weighted by Gasteiger charge is 2.26. The molecular weight excluding hydrogens is 319 g/mol. The maximum absolute atomic E-state index is 13.0. The summed E-state index contributed by atoms with van der Waals surface area (Å²) in [6.45, 7) is 5.30. The van der Waals surface area contributed by atoms with E-state index in [9.17, 15) is 9.18 Å². The molecule has 1 fully saturated rings. The number of carbonyl (C=O) groups excluding carboxylic acids is 1. The number of rotatable bonds is 5. The molecule has 0 atom stereocenters. The number of para-hydroxylation sites is 1. The van der Waals surface area contributed by atoms with Gasteiger partial charge in [-0.15, -0.1) is 0 Å². The van der Waals surface area contributed by atoms with Crippen molar-refractivity contribution in [3.8, 4) is 5.75 Å². The minimum atomic E-state index is -0.326. The second kappa shape index (κ2) is 7.92. The molecular formula is C20H21FN2O2. The summed E-state index contributed by atoms with van der Waals surface area (Å²) in [6.07, 6.45) is 4.54. The van der Waals surface area contributed by atoms with Crippen molar-refractivity contribution in [1.82, 2.24) is 9.88 Å². The van der Waals surface area contributed by atoms with Crippen LogP contribution in [-0.2, 0) is 0 Å². The molecule has 0 spiro atoms. The normalized spacial score (nSPS) is 15.0. The standard InChI is InChI=1S/C20H21FN2O2/c1-2-13-25-19-6-4-3-5-17(19)20(24)23-11-9-15(10-12-23)18-8-7-16(21)14-22-18/h2-8,14-15H,1,9-13H2. The van der Waals surface area contributed by atoms with E-state index in [-0.39, 0.29) is 17.6 Å². The van der Waals surface area contributed by atoms with Gasteiger partial charge in [-0.2, -0.15) is 0 Å². The van der Waals surface area contributed by atoms with Crippen LogP contribution in [0.1, 0.15) is 34.8 Å². The molecule has 4 nitrogen and oxygen atoms in total. The number of nitrogens with zero attached hydrogens (tertiary/aromatic N) is 2. The molecule has 1 aromatic carbocycles. The molecule has 1 amide bonds. The van der Waals surface area contributed by atoms with Gasteiger partial charge < -0.3 is 9.64 Å². The summed E-state index contributed by atoms with van der Waals surface area (Å²) in [4.78, 5) is 18.8. The van der Waals surface area contributed by atoms with Crippen LogP contribution in [0.5, 0.6) is 5.75 Å². The number of benzene rings is 1. The Labute approximate surface area is 146 Å². The number of hydrogen-bond donors (Lipinski definition) is 0. The first kappa shape index (κ1) is 17.1. The Balaban J connectivity index is 1.65. The molecule has 130 valence electrons. The van der Waals surface area contributed by atoms with Crippen LogP contribution < -0.4 is 4.74 Å². The summed E-state index contributed by atoms with van der Waals surface area (Å²) in [5.74, 6) is 0.490. The van der Waals surface area contributed by atoms with Crippen LogP contribution in [-0.4, -0.2) is 35.5 Å². The molecule has 3 rings (SSSR count). The number of carbonyl (C=O) groups is 1. The average molecular weight is 340 g/mol. The zero-order valence-corrected chi connectivity index (χ0v) is 14.0. The lowest BCUT2D eigenvalue weighted by Crippen LogP contribution is -2.38. The lowest BCUT2D eigenvalue weighted by atomic mass is 9.92. The Kier molecular flexibility index (Phi) is 5.43. The van der Waals surface area contributed by atoms with Gasteiger partial charge in [-0.05, 0) is 37.1 Å². The first-order chi connectivity index (χ1) is 12.2. The molecule has 0 radical (unpaired) electrons.